The van der Waals surface area contributed by atoms with E-state index in [-0.39, 0.29) is 0 Å². The summed E-state index contributed by atoms with van der Waals surface area (Å²) in [6, 6.07) is 11.8. The summed E-state index contributed by atoms with van der Waals surface area (Å²) >= 11 is -0.556. The molecule has 28 heavy (non-hydrogen) atoms. The van der Waals surface area contributed by atoms with Crippen molar-refractivity contribution < 1.29 is 22.1 Å². The number of aromatic hydroxyl groups is 1. The Morgan fingerprint density at radius 2 is 1.57 bits per heavy atom. The molecule has 0 spiro atoms. The fourth-order valence-corrected chi connectivity index (χ4v) is 4.88. The van der Waals surface area contributed by atoms with Crippen molar-refractivity contribution >= 4 is 37.8 Å². The first kappa shape index (κ1) is 26.0. The molecule has 0 radical (unpaired) electrons. The SMILES string of the molecule is Cc1cc(C)c(O)c(Pc2c(C)cccc2CN(C(C)C)C(C)C)c1.[Cl][Ti][Cl]. The Bertz CT molecular complexity index is 760. The first-order valence-corrected chi connectivity index (χ1v) is 14.8. The molecule has 0 aromatic heterocycles. The Morgan fingerprint density at radius 3 is 2.11 bits per heavy atom. The number of benzene rings is 2. The van der Waals surface area contributed by atoms with Gasteiger partial charge in [-0.05, 0) is 82.1 Å². The molecule has 1 atom stereocenters. The van der Waals surface area contributed by atoms with E-state index in [9.17, 15) is 5.11 Å². The van der Waals surface area contributed by atoms with Crippen molar-refractivity contribution in [2.75, 3.05) is 0 Å². The van der Waals surface area contributed by atoms with Gasteiger partial charge in [-0.2, -0.15) is 0 Å². The molecule has 2 aromatic carbocycles. The third kappa shape index (κ3) is 7.64. The van der Waals surface area contributed by atoms with Gasteiger partial charge in [0.2, 0.25) is 0 Å². The van der Waals surface area contributed by atoms with E-state index < -0.39 is 17.0 Å². The summed E-state index contributed by atoms with van der Waals surface area (Å²) in [7, 11) is 10.3. The van der Waals surface area contributed by atoms with Crippen LogP contribution in [-0.2, 0) is 23.6 Å². The third-order valence-electron chi connectivity index (χ3n) is 4.74. The van der Waals surface area contributed by atoms with E-state index >= 15 is 0 Å². The predicted octanol–water partition coefficient (Wildman–Crippen LogP) is 5.94. The van der Waals surface area contributed by atoms with Gasteiger partial charge in [0.05, 0.1) is 0 Å². The maximum absolute atomic E-state index is 10.5. The molecule has 0 fully saturated rings. The Hall–Kier alpha value is -0.0757. The van der Waals surface area contributed by atoms with Crippen molar-refractivity contribution in [1.29, 1.82) is 0 Å². The van der Waals surface area contributed by atoms with E-state index in [0.717, 1.165) is 17.4 Å². The maximum atomic E-state index is 10.5. The molecule has 2 aromatic rings. The van der Waals surface area contributed by atoms with Gasteiger partial charge < -0.3 is 5.11 Å². The summed E-state index contributed by atoms with van der Waals surface area (Å²) < 4.78 is 0. The molecular weight excluding hydrogens is 444 g/mol. The van der Waals surface area contributed by atoms with Crippen molar-refractivity contribution in [3.63, 3.8) is 0 Å². The summed E-state index contributed by atoms with van der Waals surface area (Å²) in [5.41, 5.74) is 4.85. The van der Waals surface area contributed by atoms with Crippen LogP contribution in [0.15, 0.2) is 30.3 Å². The summed E-state index contributed by atoms with van der Waals surface area (Å²) in [6.07, 6.45) is 0. The van der Waals surface area contributed by atoms with Gasteiger partial charge in [0.25, 0.3) is 0 Å². The normalized spacial score (nSPS) is 11.4. The standard InChI is InChI=1S/C22H32NOP.2ClH.Ti/c1-14(2)23(15(3)4)13-19-10-8-9-17(6)22(19)25-20-12-16(5)11-18(7)21(20)24;;;/h8-12,14-15,24-25H,13H2,1-7H3;2*1H;/q;;;+2/p-2. The Balaban J connectivity index is 0.00000122. The van der Waals surface area contributed by atoms with Crippen molar-refractivity contribution in [1.82, 2.24) is 4.90 Å². The van der Waals surface area contributed by atoms with Crippen molar-refractivity contribution in [3.8, 4) is 5.75 Å². The molecule has 6 heteroatoms. The fourth-order valence-electron chi connectivity index (χ4n) is 3.39. The third-order valence-corrected chi connectivity index (χ3v) is 6.36. The van der Waals surface area contributed by atoms with Crippen molar-refractivity contribution in [3.05, 3.63) is 52.6 Å². The van der Waals surface area contributed by atoms with E-state index in [1.165, 1.54) is 22.0 Å². The van der Waals surface area contributed by atoms with Crippen LogP contribution < -0.4 is 10.6 Å². The monoisotopic (exact) mass is 475 g/mol. The first-order valence-electron chi connectivity index (χ1n) is 9.50. The van der Waals surface area contributed by atoms with Crippen LogP contribution in [-0.4, -0.2) is 22.1 Å². The van der Waals surface area contributed by atoms with Crippen LogP contribution in [0.1, 0.15) is 49.9 Å². The van der Waals surface area contributed by atoms with Gasteiger partial charge in [-0.1, -0.05) is 32.8 Å². The van der Waals surface area contributed by atoms with E-state index in [4.69, 9.17) is 18.6 Å². The second kappa shape index (κ2) is 12.6. The molecule has 0 aliphatic rings. The number of phenolic OH excluding ortho intramolecular Hbond substituents is 1. The van der Waals surface area contributed by atoms with Crippen molar-refractivity contribution in [2.45, 2.75) is 67.1 Å². The van der Waals surface area contributed by atoms with Gasteiger partial charge in [-0.3, -0.25) is 4.90 Å². The number of aryl methyl sites for hydroxylation is 3. The molecule has 2 rings (SSSR count). The van der Waals surface area contributed by atoms with Gasteiger partial charge in [-0.15, -0.1) is 0 Å². The van der Waals surface area contributed by atoms with E-state index in [2.05, 4.69) is 70.7 Å². The zero-order valence-corrected chi connectivity index (χ0v) is 22.0. The Kier molecular flexibility index (Phi) is 11.7. The minimum atomic E-state index is -0.556. The molecule has 0 bridgehead atoms. The molecule has 0 aliphatic carbocycles. The number of hydrogen-bond donors (Lipinski definition) is 1. The quantitative estimate of drug-likeness (QED) is 0.412. The molecule has 2 nitrogen and oxygen atoms in total. The second-order valence-corrected chi connectivity index (χ2v) is 11.5. The topological polar surface area (TPSA) is 23.5 Å². The van der Waals surface area contributed by atoms with Gasteiger partial charge in [0, 0.05) is 23.9 Å². The number of halogens is 2. The van der Waals surface area contributed by atoms with Crippen LogP contribution >= 0.6 is 27.2 Å². The van der Waals surface area contributed by atoms with Gasteiger partial charge >= 0.3 is 35.6 Å². The number of rotatable bonds is 6. The Morgan fingerprint density at radius 1 is 1.00 bits per heavy atom. The average Bonchev–Trinajstić information content (AvgIpc) is 2.59. The van der Waals surface area contributed by atoms with Crippen LogP contribution in [0.5, 0.6) is 5.75 Å². The van der Waals surface area contributed by atoms with Gasteiger partial charge in [-0.25, -0.2) is 0 Å². The molecule has 0 amide bonds. The molecule has 1 N–H and O–H groups in total. The van der Waals surface area contributed by atoms with Crippen LogP contribution in [0, 0.1) is 20.8 Å². The molecule has 1 unspecified atom stereocenters. The van der Waals surface area contributed by atoms with Crippen molar-refractivity contribution in [2.24, 2.45) is 0 Å². The van der Waals surface area contributed by atoms with Crippen LogP contribution in [0.4, 0.5) is 0 Å². The van der Waals surface area contributed by atoms with Crippen LogP contribution in [0.25, 0.3) is 0 Å². The molecular formula is C22H32Cl2NOPTi. The summed E-state index contributed by atoms with van der Waals surface area (Å²) in [5, 5.41) is 12.9. The van der Waals surface area contributed by atoms with Crippen LogP contribution in [0.3, 0.4) is 0 Å². The summed E-state index contributed by atoms with van der Waals surface area (Å²) in [5.74, 6) is 0.447. The van der Waals surface area contributed by atoms with Gasteiger partial charge in [0.1, 0.15) is 5.75 Å². The molecule has 0 heterocycles. The fraction of sp³-hybridized carbons (Fsp3) is 0.455. The summed E-state index contributed by atoms with van der Waals surface area (Å²) in [6.45, 7) is 16.2. The predicted molar refractivity (Wildman–Crippen MR) is 124 cm³/mol. The average molecular weight is 476 g/mol. The zero-order valence-electron chi connectivity index (χ0n) is 17.9. The summed E-state index contributed by atoms with van der Waals surface area (Å²) in [4.78, 5) is 2.52. The first-order chi connectivity index (χ1) is 13.1. The van der Waals surface area contributed by atoms with Gasteiger partial charge in [0.15, 0.2) is 0 Å². The minimum absolute atomic E-state index is 0.447. The molecule has 0 aliphatic heterocycles. The van der Waals surface area contributed by atoms with E-state index in [0.29, 0.717) is 26.4 Å². The molecule has 0 saturated heterocycles. The van der Waals surface area contributed by atoms with E-state index in [1.54, 1.807) is 0 Å². The molecule has 154 valence electrons. The Labute approximate surface area is 189 Å². The molecule has 0 saturated carbocycles. The second-order valence-electron chi connectivity index (χ2n) is 7.64. The zero-order chi connectivity index (χ0) is 21.4. The number of hydrogen-bond acceptors (Lipinski definition) is 2. The van der Waals surface area contributed by atoms with E-state index in [1.807, 2.05) is 13.0 Å². The number of nitrogens with zero attached hydrogens (tertiary/aromatic N) is 1. The van der Waals surface area contributed by atoms with Crippen LogP contribution in [0.2, 0.25) is 0 Å². The number of phenols is 1.